The molecule has 1 aromatic rings. The Bertz CT molecular complexity index is 380. The summed E-state index contributed by atoms with van der Waals surface area (Å²) < 4.78 is 5.24. The normalized spacial score (nSPS) is 11.9. The molecule has 1 amide bonds. The first kappa shape index (κ1) is 14.5. The summed E-state index contributed by atoms with van der Waals surface area (Å²) in [5, 5.41) is 6.03. The highest BCUT2D eigenvalue weighted by molar-refractivity contribution is 5.78. The van der Waals surface area contributed by atoms with E-state index in [0.29, 0.717) is 13.1 Å². The fourth-order valence-corrected chi connectivity index (χ4v) is 1.59. The van der Waals surface area contributed by atoms with Crippen LogP contribution in [0.3, 0.4) is 0 Å². The van der Waals surface area contributed by atoms with Gasteiger partial charge in [-0.25, -0.2) is 0 Å². The Labute approximate surface area is 109 Å². The number of ether oxygens (including phenoxy) is 1. The summed E-state index contributed by atoms with van der Waals surface area (Å²) in [6.07, 6.45) is 0.943. The number of hydrogen-bond donors (Lipinski definition) is 2. The van der Waals surface area contributed by atoms with Crippen molar-refractivity contribution in [2.45, 2.75) is 32.9 Å². The average Bonchev–Trinajstić information content (AvgIpc) is 2.39. The molecular formula is C14H22N2O2. The predicted octanol–water partition coefficient (Wildman–Crippen LogP) is 1.70. The van der Waals surface area contributed by atoms with Crippen molar-refractivity contribution in [2.24, 2.45) is 0 Å². The summed E-state index contributed by atoms with van der Waals surface area (Å²) in [4.78, 5) is 11.6. The Balaban J connectivity index is 2.35. The van der Waals surface area contributed by atoms with Crippen LogP contribution >= 0.6 is 0 Å². The van der Waals surface area contributed by atoms with E-state index in [1.807, 2.05) is 38.1 Å². The van der Waals surface area contributed by atoms with E-state index in [1.54, 1.807) is 7.11 Å². The van der Waals surface area contributed by atoms with E-state index in [0.717, 1.165) is 17.7 Å². The van der Waals surface area contributed by atoms with Gasteiger partial charge in [-0.05, 0) is 19.4 Å². The van der Waals surface area contributed by atoms with Crippen LogP contribution in [-0.4, -0.2) is 25.6 Å². The maximum atomic E-state index is 11.6. The zero-order valence-corrected chi connectivity index (χ0v) is 11.3. The van der Waals surface area contributed by atoms with E-state index in [2.05, 4.69) is 10.6 Å². The SMILES string of the molecule is CCC(C)NC(=O)CNCc1ccccc1OC. The summed E-state index contributed by atoms with van der Waals surface area (Å²) in [7, 11) is 1.65. The van der Waals surface area contributed by atoms with Crippen LogP contribution in [0.5, 0.6) is 5.75 Å². The Hall–Kier alpha value is -1.55. The summed E-state index contributed by atoms with van der Waals surface area (Å²) >= 11 is 0. The van der Waals surface area contributed by atoms with Crippen molar-refractivity contribution in [2.75, 3.05) is 13.7 Å². The molecule has 0 fully saturated rings. The van der Waals surface area contributed by atoms with Gasteiger partial charge in [0.1, 0.15) is 5.75 Å². The average molecular weight is 250 g/mol. The van der Waals surface area contributed by atoms with Gasteiger partial charge in [-0.15, -0.1) is 0 Å². The largest absolute Gasteiger partial charge is 0.496 e. The van der Waals surface area contributed by atoms with Crippen LogP contribution in [0.15, 0.2) is 24.3 Å². The molecule has 0 saturated carbocycles. The van der Waals surface area contributed by atoms with Crippen LogP contribution < -0.4 is 15.4 Å². The molecule has 1 atom stereocenters. The molecule has 0 spiro atoms. The third kappa shape index (κ3) is 4.75. The number of carbonyl (C=O) groups is 1. The molecular weight excluding hydrogens is 228 g/mol. The molecule has 0 radical (unpaired) electrons. The zero-order valence-electron chi connectivity index (χ0n) is 11.3. The molecule has 100 valence electrons. The van der Waals surface area contributed by atoms with Gasteiger partial charge in [0.2, 0.25) is 5.91 Å². The summed E-state index contributed by atoms with van der Waals surface area (Å²) in [5.41, 5.74) is 1.05. The van der Waals surface area contributed by atoms with E-state index < -0.39 is 0 Å². The maximum absolute atomic E-state index is 11.6. The Morgan fingerprint density at radius 2 is 2.11 bits per heavy atom. The highest BCUT2D eigenvalue weighted by Crippen LogP contribution is 2.16. The third-order valence-electron chi connectivity index (χ3n) is 2.81. The molecule has 0 aromatic heterocycles. The van der Waals surface area contributed by atoms with Gasteiger partial charge in [0.25, 0.3) is 0 Å². The van der Waals surface area contributed by atoms with Crippen LogP contribution in [0.25, 0.3) is 0 Å². The summed E-state index contributed by atoms with van der Waals surface area (Å²) in [6.45, 7) is 4.99. The van der Waals surface area contributed by atoms with E-state index in [4.69, 9.17) is 4.74 Å². The number of hydrogen-bond acceptors (Lipinski definition) is 3. The quantitative estimate of drug-likeness (QED) is 0.774. The molecule has 1 rings (SSSR count). The molecule has 4 heteroatoms. The summed E-state index contributed by atoms with van der Waals surface area (Å²) in [5.74, 6) is 0.867. The van der Waals surface area contributed by atoms with Crippen molar-refractivity contribution in [3.05, 3.63) is 29.8 Å². The standard InChI is InChI=1S/C14H22N2O2/c1-4-11(2)16-14(17)10-15-9-12-7-5-6-8-13(12)18-3/h5-8,11,15H,4,9-10H2,1-3H3,(H,16,17). The Kier molecular flexibility index (Phi) is 6.22. The van der Waals surface area contributed by atoms with Crippen LogP contribution in [-0.2, 0) is 11.3 Å². The molecule has 4 nitrogen and oxygen atoms in total. The Morgan fingerprint density at radius 1 is 1.39 bits per heavy atom. The van der Waals surface area contributed by atoms with Crippen molar-refractivity contribution in [1.82, 2.24) is 10.6 Å². The minimum atomic E-state index is 0.0271. The van der Waals surface area contributed by atoms with Crippen molar-refractivity contribution in [3.8, 4) is 5.75 Å². The van der Waals surface area contributed by atoms with Gasteiger partial charge in [-0.2, -0.15) is 0 Å². The first-order chi connectivity index (χ1) is 8.67. The minimum Gasteiger partial charge on any atom is -0.496 e. The highest BCUT2D eigenvalue weighted by Gasteiger charge is 2.06. The molecule has 2 N–H and O–H groups in total. The van der Waals surface area contributed by atoms with E-state index in [9.17, 15) is 4.79 Å². The van der Waals surface area contributed by atoms with Gasteiger partial charge in [-0.3, -0.25) is 4.79 Å². The number of rotatable bonds is 7. The van der Waals surface area contributed by atoms with Gasteiger partial charge in [0.05, 0.1) is 13.7 Å². The summed E-state index contributed by atoms with van der Waals surface area (Å²) in [6, 6.07) is 8.01. The number of nitrogens with one attached hydrogen (secondary N) is 2. The molecule has 0 aliphatic carbocycles. The molecule has 18 heavy (non-hydrogen) atoms. The predicted molar refractivity (Wildman–Crippen MR) is 72.6 cm³/mol. The lowest BCUT2D eigenvalue weighted by Crippen LogP contribution is -2.38. The van der Waals surface area contributed by atoms with Crippen molar-refractivity contribution in [3.63, 3.8) is 0 Å². The molecule has 1 unspecified atom stereocenters. The third-order valence-corrected chi connectivity index (χ3v) is 2.81. The van der Waals surface area contributed by atoms with Gasteiger partial charge in [0, 0.05) is 18.2 Å². The Morgan fingerprint density at radius 3 is 2.78 bits per heavy atom. The molecule has 0 heterocycles. The van der Waals surface area contributed by atoms with Gasteiger partial charge in [-0.1, -0.05) is 25.1 Å². The van der Waals surface area contributed by atoms with Crippen molar-refractivity contribution >= 4 is 5.91 Å². The smallest absolute Gasteiger partial charge is 0.234 e. The van der Waals surface area contributed by atoms with Gasteiger partial charge < -0.3 is 15.4 Å². The second-order valence-corrected chi connectivity index (χ2v) is 4.29. The van der Waals surface area contributed by atoms with Crippen LogP contribution in [0.1, 0.15) is 25.8 Å². The molecule has 0 bridgehead atoms. The number of para-hydroxylation sites is 1. The lowest BCUT2D eigenvalue weighted by Gasteiger charge is -2.12. The fraction of sp³-hybridized carbons (Fsp3) is 0.500. The molecule has 0 aliphatic heterocycles. The number of methoxy groups -OCH3 is 1. The molecule has 0 saturated heterocycles. The first-order valence-corrected chi connectivity index (χ1v) is 6.29. The number of amides is 1. The fourth-order valence-electron chi connectivity index (χ4n) is 1.59. The van der Waals surface area contributed by atoms with Crippen molar-refractivity contribution < 1.29 is 9.53 Å². The lowest BCUT2D eigenvalue weighted by molar-refractivity contribution is -0.120. The highest BCUT2D eigenvalue weighted by atomic mass is 16.5. The second-order valence-electron chi connectivity index (χ2n) is 4.29. The van der Waals surface area contributed by atoms with Crippen LogP contribution in [0.4, 0.5) is 0 Å². The van der Waals surface area contributed by atoms with E-state index >= 15 is 0 Å². The minimum absolute atomic E-state index is 0.0271. The van der Waals surface area contributed by atoms with Crippen LogP contribution in [0.2, 0.25) is 0 Å². The molecule has 1 aromatic carbocycles. The van der Waals surface area contributed by atoms with E-state index in [1.165, 1.54) is 0 Å². The van der Waals surface area contributed by atoms with E-state index in [-0.39, 0.29) is 11.9 Å². The monoisotopic (exact) mass is 250 g/mol. The molecule has 0 aliphatic rings. The maximum Gasteiger partial charge on any atom is 0.234 e. The topological polar surface area (TPSA) is 50.4 Å². The first-order valence-electron chi connectivity index (χ1n) is 6.29. The lowest BCUT2D eigenvalue weighted by atomic mass is 10.2. The van der Waals surface area contributed by atoms with Crippen molar-refractivity contribution in [1.29, 1.82) is 0 Å². The van der Waals surface area contributed by atoms with Gasteiger partial charge in [0.15, 0.2) is 0 Å². The number of benzene rings is 1. The number of carbonyl (C=O) groups excluding carboxylic acids is 1. The second kappa shape index (κ2) is 7.71. The van der Waals surface area contributed by atoms with Crippen LogP contribution in [0, 0.1) is 0 Å². The zero-order chi connectivity index (χ0) is 13.4. The van der Waals surface area contributed by atoms with Gasteiger partial charge >= 0.3 is 0 Å².